The number of nitrogens with one attached hydrogen (secondary N) is 1. The lowest BCUT2D eigenvalue weighted by Gasteiger charge is -1.99. The number of aromatic nitrogens is 2. The van der Waals surface area contributed by atoms with Gasteiger partial charge in [-0.15, -0.1) is 22.7 Å². The zero-order valence-electron chi connectivity index (χ0n) is 9.14. The third-order valence-electron chi connectivity index (χ3n) is 2.00. The Bertz CT molecular complexity index is 521. The highest BCUT2D eigenvalue weighted by Gasteiger charge is 2.08. The quantitative estimate of drug-likeness (QED) is 0.870. The van der Waals surface area contributed by atoms with Crippen molar-refractivity contribution in [1.29, 1.82) is 0 Å². The number of carboxylic acids is 1. The summed E-state index contributed by atoms with van der Waals surface area (Å²) in [6, 6.07) is 0. The second kappa shape index (κ2) is 5.24. The molecule has 0 aliphatic heterocycles. The van der Waals surface area contributed by atoms with Crippen LogP contribution in [0.4, 0.5) is 5.13 Å². The third kappa shape index (κ3) is 3.24. The molecular weight excluding hydrogens is 258 g/mol. The molecule has 7 heteroatoms. The van der Waals surface area contributed by atoms with E-state index in [-0.39, 0.29) is 5.69 Å². The number of rotatable bonds is 5. The molecule has 0 bridgehead atoms. The molecule has 0 amide bonds. The Hall–Kier alpha value is -1.47. The van der Waals surface area contributed by atoms with Crippen molar-refractivity contribution in [3.63, 3.8) is 0 Å². The minimum Gasteiger partial charge on any atom is -0.476 e. The summed E-state index contributed by atoms with van der Waals surface area (Å²) < 4.78 is 0. The Morgan fingerprint density at radius 2 is 2.24 bits per heavy atom. The van der Waals surface area contributed by atoms with Crippen LogP contribution in [0.25, 0.3) is 0 Å². The summed E-state index contributed by atoms with van der Waals surface area (Å²) >= 11 is 2.93. The predicted octanol–water partition coefficient (Wildman–Crippen LogP) is 2.26. The van der Waals surface area contributed by atoms with E-state index in [4.69, 9.17) is 5.11 Å². The van der Waals surface area contributed by atoms with Gasteiger partial charge in [0.15, 0.2) is 10.8 Å². The van der Waals surface area contributed by atoms with Crippen LogP contribution in [0.3, 0.4) is 0 Å². The van der Waals surface area contributed by atoms with Gasteiger partial charge in [-0.05, 0) is 6.92 Å². The fraction of sp³-hybridized carbons (Fsp3) is 0.300. The number of nitrogens with zero attached hydrogens (tertiary/aromatic N) is 2. The van der Waals surface area contributed by atoms with Gasteiger partial charge >= 0.3 is 5.97 Å². The Morgan fingerprint density at radius 1 is 1.41 bits per heavy atom. The molecule has 2 rings (SSSR count). The van der Waals surface area contributed by atoms with Gasteiger partial charge in [0.25, 0.3) is 0 Å². The lowest BCUT2D eigenvalue weighted by atomic mass is 10.4. The van der Waals surface area contributed by atoms with Gasteiger partial charge in [-0.1, -0.05) is 0 Å². The van der Waals surface area contributed by atoms with E-state index >= 15 is 0 Å². The first-order valence-electron chi connectivity index (χ1n) is 4.99. The third-order valence-corrected chi connectivity index (χ3v) is 3.83. The van der Waals surface area contributed by atoms with E-state index < -0.39 is 5.97 Å². The second-order valence-corrected chi connectivity index (χ2v) is 5.20. The maximum absolute atomic E-state index is 10.6. The van der Waals surface area contributed by atoms with Crippen LogP contribution >= 0.6 is 22.7 Å². The van der Waals surface area contributed by atoms with E-state index in [1.165, 1.54) is 16.7 Å². The molecule has 0 radical (unpaired) electrons. The Balaban J connectivity index is 1.83. The number of hydrogen-bond acceptors (Lipinski definition) is 6. The standard InChI is InChI=1S/C10H11N3O2S2/c1-6-4-16-8(12-6)2-3-11-10-13-7(5-17-10)9(14)15/h4-5H,2-3H2,1H3,(H,11,13)(H,14,15). The van der Waals surface area contributed by atoms with Gasteiger partial charge in [-0.2, -0.15) is 0 Å². The first kappa shape index (κ1) is 12.0. The highest BCUT2D eigenvalue weighted by atomic mass is 32.1. The molecule has 2 N–H and O–H groups in total. The van der Waals surface area contributed by atoms with Crippen molar-refractivity contribution in [3.05, 3.63) is 27.2 Å². The zero-order chi connectivity index (χ0) is 12.3. The van der Waals surface area contributed by atoms with Crippen molar-refractivity contribution < 1.29 is 9.90 Å². The van der Waals surface area contributed by atoms with Gasteiger partial charge in [-0.3, -0.25) is 0 Å². The monoisotopic (exact) mass is 269 g/mol. The largest absolute Gasteiger partial charge is 0.476 e. The smallest absolute Gasteiger partial charge is 0.355 e. The van der Waals surface area contributed by atoms with Crippen LogP contribution in [-0.4, -0.2) is 27.6 Å². The number of carbonyl (C=O) groups is 1. The van der Waals surface area contributed by atoms with Gasteiger partial charge in [0.2, 0.25) is 0 Å². The van der Waals surface area contributed by atoms with E-state index in [0.29, 0.717) is 11.7 Å². The lowest BCUT2D eigenvalue weighted by molar-refractivity contribution is 0.0691. The van der Waals surface area contributed by atoms with E-state index in [2.05, 4.69) is 15.3 Å². The van der Waals surface area contributed by atoms with E-state index in [9.17, 15) is 4.79 Å². The van der Waals surface area contributed by atoms with Gasteiger partial charge < -0.3 is 10.4 Å². The van der Waals surface area contributed by atoms with Crippen molar-refractivity contribution in [2.45, 2.75) is 13.3 Å². The minimum absolute atomic E-state index is 0.0857. The van der Waals surface area contributed by atoms with E-state index in [1.807, 2.05) is 12.3 Å². The molecule has 90 valence electrons. The highest BCUT2D eigenvalue weighted by Crippen LogP contribution is 2.15. The molecular formula is C10H11N3O2S2. The summed E-state index contributed by atoms with van der Waals surface area (Å²) in [5.74, 6) is -0.996. The van der Waals surface area contributed by atoms with Crippen molar-refractivity contribution in [2.75, 3.05) is 11.9 Å². The average Bonchev–Trinajstić information content (AvgIpc) is 2.88. The first-order chi connectivity index (χ1) is 8.15. The van der Waals surface area contributed by atoms with Gasteiger partial charge in [-0.25, -0.2) is 14.8 Å². The van der Waals surface area contributed by atoms with Gasteiger partial charge in [0.05, 0.1) is 5.01 Å². The molecule has 17 heavy (non-hydrogen) atoms. The van der Waals surface area contributed by atoms with Crippen LogP contribution in [0.1, 0.15) is 21.2 Å². The molecule has 0 aromatic carbocycles. The summed E-state index contributed by atoms with van der Waals surface area (Å²) in [6.45, 7) is 2.67. The summed E-state index contributed by atoms with van der Waals surface area (Å²) in [5.41, 5.74) is 1.12. The minimum atomic E-state index is -0.996. The van der Waals surface area contributed by atoms with Crippen LogP contribution < -0.4 is 5.32 Å². The lowest BCUT2D eigenvalue weighted by Crippen LogP contribution is -2.05. The Labute approximate surface area is 106 Å². The molecule has 0 fully saturated rings. The van der Waals surface area contributed by atoms with Crippen LogP contribution in [0, 0.1) is 6.92 Å². The van der Waals surface area contributed by atoms with Gasteiger partial charge in [0, 0.05) is 29.4 Å². The zero-order valence-corrected chi connectivity index (χ0v) is 10.8. The molecule has 5 nitrogen and oxygen atoms in total. The number of anilines is 1. The number of hydrogen-bond donors (Lipinski definition) is 2. The first-order valence-corrected chi connectivity index (χ1v) is 6.75. The highest BCUT2D eigenvalue weighted by molar-refractivity contribution is 7.13. The SMILES string of the molecule is Cc1csc(CCNc2nc(C(=O)O)cs2)n1. The van der Waals surface area contributed by atoms with Crippen LogP contribution in [0.15, 0.2) is 10.8 Å². The molecule has 2 aromatic rings. The number of carboxylic acid groups (broad SMARTS) is 1. The maximum Gasteiger partial charge on any atom is 0.355 e. The topological polar surface area (TPSA) is 75.1 Å². The Morgan fingerprint density at radius 3 is 2.82 bits per heavy atom. The fourth-order valence-corrected chi connectivity index (χ4v) is 2.74. The van der Waals surface area contributed by atoms with Crippen molar-refractivity contribution in [3.8, 4) is 0 Å². The predicted molar refractivity (Wildman–Crippen MR) is 68.1 cm³/mol. The van der Waals surface area contributed by atoms with E-state index in [1.54, 1.807) is 11.3 Å². The normalized spacial score (nSPS) is 10.4. The van der Waals surface area contributed by atoms with Crippen molar-refractivity contribution in [1.82, 2.24) is 9.97 Å². The molecule has 0 spiro atoms. The van der Waals surface area contributed by atoms with Crippen molar-refractivity contribution >= 4 is 33.8 Å². The molecule has 0 atom stereocenters. The van der Waals surface area contributed by atoms with Crippen LogP contribution in [0.5, 0.6) is 0 Å². The van der Waals surface area contributed by atoms with Crippen LogP contribution in [-0.2, 0) is 6.42 Å². The number of aromatic carboxylic acids is 1. The van der Waals surface area contributed by atoms with E-state index in [0.717, 1.165) is 17.1 Å². The second-order valence-electron chi connectivity index (χ2n) is 3.40. The Kier molecular flexibility index (Phi) is 3.70. The average molecular weight is 269 g/mol. The molecule has 0 unspecified atom stereocenters. The summed E-state index contributed by atoms with van der Waals surface area (Å²) in [6.07, 6.45) is 0.820. The molecule has 0 aliphatic carbocycles. The molecule has 0 saturated carbocycles. The molecule has 2 heterocycles. The van der Waals surface area contributed by atoms with Crippen molar-refractivity contribution in [2.24, 2.45) is 0 Å². The molecule has 0 saturated heterocycles. The van der Waals surface area contributed by atoms with Crippen LogP contribution in [0.2, 0.25) is 0 Å². The molecule has 2 aromatic heterocycles. The summed E-state index contributed by atoms with van der Waals surface area (Å²) in [4.78, 5) is 18.9. The summed E-state index contributed by atoms with van der Waals surface area (Å²) in [7, 11) is 0. The maximum atomic E-state index is 10.6. The number of thiazole rings is 2. The summed E-state index contributed by atoms with van der Waals surface area (Å²) in [5, 5.41) is 17.1. The number of aryl methyl sites for hydroxylation is 1. The fourth-order valence-electron chi connectivity index (χ4n) is 1.25. The molecule has 0 aliphatic rings. The van der Waals surface area contributed by atoms with Gasteiger partial charge in [0.1, 0.15) is 0 Å².